The highest BCUT2D eigenvalue weighted by Gasteiger charge is 2.24. The van der Waals surface area contributed by atoms with Crippen LogP contribution in [0.2, 0.25) is 0 Å². The minimum Gasteiger partial charge on any atom is -0.475 e. The van der Waals surface area contributed by atoms with Crippen molar-refractivity contribution in [1.82, 2.24) is 14.9 Å². The summed E-state index contributed by atoms with van der Waals surface area (Å²) in [6.07, 6.45) is 0.998. The standard InChI is InChI=1S/C23H27N5O2/c1-3-17-9-5-8-12-20(17)27-13-15-28(16-14-27)23(29)26-21-22(30-4-2)25-19-11-7-6-10-18(19)24-21/h5-12H,3-4,13-16H2,1-2H3,(H,24,26,29). The number of aryl methyl sites for hydroxylation is 1. The lowest BCUT2D eigenvalue weighted by molar-refractivity contribution is 0.208. The predicted octanol–water partition coefficient (Wildman–Crippen LogP) is 3.95. The van der Waals surface area contributed by atoms with Gasteiger partial charge in [0, 0.05) is 31.9 Å². The molecule has 30 heavy (non-hydrogen) atoms. The Balaban J connectivity index is 1.45. The van der Waals surface area contributed by atoms with Crippen molar-refractivity contribution in [3.05, 3.63) is 54.1 Å². The van der Waals surface area contributed by atoms with Crippen molar-refractivity contribution in [1.29, 1.82) is 0 Å². The first kappa shape index (κ1) is 19.9. The van der Waals surface area contributed by atoms with Crippen molar-refractivity contribution < 1.29 is 9.53 Å². The molecule has 7 heteroatoms. The summed E-state index contributed by atoms with van der Waals surface area (Å²) in [6, 6.07) is 15.9. The lowest BCUT2D eigenvalue weighted by atomic mass is 10.1. The van der Waals surface area contributed by atoms with E-state index in [0.29, 0.717) is 31.4 Å². The maximum atomic E-state index is 12.9. The van der Waals surface area contributed by atoms with Crippen molar-refractivity contribution in [3.8, 4) is 5.88 Å². The Morgan fingerprint density at radius 3 is 2.33 bits per heavy atom. The van der Waals surface area contributed by atoms with Crippen LogP contribution in [0.4, 0.5) is 16.3 Å². The SMILES string of the molecule is CCOc1nc2ccccc2nc1NC(=O)N1CCN(c2ccccc2CC)CC1. The number of urea groups is 1. The first-order chi connectivity index (χ1) is 14.7. The third-order valence-corrected chi connectivity index (χ3v) is 5.33. The fourth-order valence-corrected chi connectivity index (χ4v) is 3.75. The van der Waals surface area contributed by atoms with E-state index in [9.17, 15) is 4.79 Å². The number of aromatic nitrogens is 2. The molecule has 1 fully saturated rings. The smallest absolute Gasteiger partial charge is 0.323 e. The summed E-state index contributed by atoms with van der Waals surface area (Å²) in [7, 11) is 0. The maximum Gasteiger partial charge on any atom is 0.323 e. The lowest BCUT2D eigenvalue weighted by Gasteiger charge is -2.36. The summed E-state index contributed by atoms with van der Waals surface area (Å²) in [5.41, 5.74) is 4.06. The molecular weight excluding hydrogens is 378 g/mol. The number of amides is 2. The number of rotatable bonds is 5. The number of piperazine rings is 1. The molecule has 7 nitrogen and oxygen atoms in total. The van der Waals surface area contributed by atoms with Crippen molar-refractivity contribution >= 4 is 28.6 Å². The first-order valence-electron chi connectivity index (χ1n) is 10.5. The summed E-state index contributed by atoms with van der Waals surface area (Å²) < 4.78 is 5.62. The molecule has 1 aliphatic rings. The van der Waals surface area contributed by atoms with Gasteiger partial charge in [-0.05, 0) is 37.1 Å². The van der Waals surface area contributed by atoms with E-state index in [4.69, 9.17) is 4.74 Å². The van der Waals surface area contributed by atoms with E-state index in [-0.39, 0.29) is 6.03 Å². The van der Waals surface area contributed by atoms with Crippen LogP contribution in [0.1, 0.15) is 19.4 Å². The fraction of sp³-hybridized carbons (Fsp3) is 0.348. The Bertz CT molecular complexity index is 1030. The molecule has 1 saturated heterocycles. The molecule has 1 aromatic heterocycles. The number of para-hydroxylation sites is 3. The second kappa shape index (κ2) is 8.98. The van der Waals surface area contributed by atoms with Gasteiger partial charge >= 0.3 is 6.03 Å². The van der Waals surface area contributed by atoms with E-state index in [2.05, 4.69) is 51.4 Å². The molecule has 2 amide bonds. The van der Waals surface area contributed by atoms with Crippen molar-refractivity contribution in [2.45, 2.75) is 20.3 Å². The molecule has 4 rings (SSSR count). The molecule has 0 bridgehead atoms. The van der Waals surface area contributed by atoms with E-state index >= 15 is 0 Å². The van der Waals surface area contributed by atoms with E-state index in [1.807, 2.05) is 36.1 Å². The van der Waals surface area contributed by atoms with Crippen LogP contribution in [0.3, 0.4) is 0 Å². The van der Waals surface area contributed by atoms with E-state index in [1.165, 1.54) is 11.3 Å². The monoisotopic (exact) mass is 405 g/mol. The number of nitrogens with zero attached hydrogens (tertiary/aromatic N) is 4. The number of fused-ring (bicyclic) bond motifs is 1. The van der Waals surface area contributed by atoms with Gasteiger partial charge in [-0.1, -0.05) is 37.3 Å². The van der Waals surface area contributed by atoms with Crippen LogP contribution >= 0.6 is 0 Å². The van der Waals surface area contributed by atoms with Gasteiger partial charge in [0.2, 0.25) is 0 Å². The van der Waals surface area contributed by atoms with Gasteiger partial charge in [-0.3, -0.25) is 5.32 Å². The van der Waals surface area contributed by atoms with Crippen LogP contribution in [0.25, 0.3) is 11.0 Å². The molecule has 0 atom stereocenters. The molecule has 0 radical (unpaired) electrons. The van der Waals surface area contributed by atoms with Crippen molar-refractivity contribution in [2.24, 2.45) is 0 Å². The van der Waals surface area contributed by atoms with Gasteiger partial charge in [-0.25, -0.2) is 14.8 Å². The topological polar surface area (TPSA) is 70.6 Å². The third kappa shape index (κ3) is 4.15. The summed E-state index contributed by atoms with van der Waals surface area (Å²) in [4.78, 5) is 26.1. The summed E-state index contributed by atoms with van der Waals surface area (Å²) in [6.45, 7) is 7.40. The normalized spacial score (nSPS) is 14.1. The number of anilines is 2. The van der Waals surface area contributed by atoms with Crippen LogP contribution in [0, 0.1) is 0 Å². The third-order valence-electron chi connectivity index (χ3n) is 5.33. The zero-order valence-corrected chi connectivity index (χ0v) is 17.5. The molecule has 156 valence electrons. The van der Waals surface area contributed by atoms with Crippen molar-refractivity contribution in [3.63, 3.8) is 0 Å². The summed E-state index contributed by atoms with van der Waals surface area (Å²) in [5, 5.41) is 2.90. The molecule has 0 saturated carbocycles. The highest BCUT2D eigenvalue weighted by atomic mass is 16.5. The second-order valence-corrected chi connectivity index (χ2v) is 7.19. The summed E-state index contributed by atoms with van der Waals surface area (Å²) in [5.74, 6) is 0.708. The highest BCUT2D eigenvalue weighted by molar-refractivity contribution is 5.91. The number of nitrogens with one attached hydrogen (secondary N) is 1. The average molecular weight is 406 g/mol. The molecule has 0 aliphatic carbocycles. The Labute approximate surface area is 176 Å². The fourth-order valence-electron chi connectivity index (χ4n) is 3.75. The zero-order valence-electron chi connectivity index (χ0n) is 17.5. The minimum absolute atomic E-state index is 0.177. The second-order valence-electron chi connectivity index (χ2n) is 7.19. The van der Waals surface area contributed by atoms with Gasteiger partial charge in [0.1, 0.15) is 0 Å². The average Bonchev–Trinajstić information content (AvgIpc) is 2.79. The number of ether oxygens (including phenoxy) is 1. The molecule has 2 heterocycles. The Hall–Kier alpha value is -3.35. The van der Waals surface area contributed by atoms with Crippen LogP contribution < -0.4 is 15.0 Å². The summed E-state index contributed by atoms with van der Waals surface area (Å²) >= 11 is 0. The quantitative estimate of drug-likeness (QED) is 0.696. The van der Waals surface area contributed by atoms with Gasteiger partial charge in [0.15, 0.2) is 5.82 Å². The molecule has 2 aromatic carbocycles. The highest BCUT2D eigenvalue weighted by Crippen LogP contribution is 2.25. The minimum atomic E-state index is -0.177. The number of hydrogen-bond acceptors (Lipinski definition) is 5. The van der Waals surface area contributed by atoms with Gasteiger partial charge in [-0.2, -0.15) is 0 Å². The van der Waals surface area contributed by atoms with Crippen LogP contribution in [-0.4, -0.2) is 53.7 Å². The Kier molecular flexibility index (Phi) is 5.97. The van der Waals surface area contributed by atoms with Gasteiger partial charge in [-0.15, -0.1) is 0 Å². The zero-order chi connectivity index (χ0) is 20.9. The van der Waals surface area contributed by atoms with E-state index in [1.54, 1.807) is 0 Å². The van der Waals surface area contributed by atoms with Gasteiger partial charge < -0.3 is 14.5 Å². The van der Waals surface area contributed by atoms with Crippen LogP contribution in [-0.2, 0) is 6.42 Å². The van der Waals surface area contributed by atoms with E-state index in [0.717, 1.165) is 30.5 Å². The molecule has 1 aliphatic heterocycles. The van der Waals surface area contributed by atoms with Crippen LogP contribution in [0.5, 0.6) is 5.88 Å². The Morgan fingerprint density at radius 2 is 1.63 bits per heavy atom. The van der Waals surface area contributed by atoms with Crippen LogP contribution in [0.15, 0.2) is 48.5 Å². The van der Waals surface area contributed by atoms with E-state index < -0.39 is 0 Å². The number of benzene rings is 2. The van der Waals surface area contributed by atoms with Gasteiger partial charge in [0.05, 0.1) is 17.6 Å². The number of carbonyl (C=O) groups is 1. The molecule has 0 spiro atoms. The number of hydrogen-bond donors (Lipinski definition) is 1. The molecular formula is C23H27N5O2. The molecule has 0 unspecified atom stereocenters. The first-order valence-corrected chi connectivity index (χ1v) is 10.5. The molecule has 1 N–H and O–H groups in total. The maximum absolute atomic E-state index is 12.9. The molecule has 3 aromatic rings. The Morgan fingerprint density at radius 1 is 0.967 bits per heavy atom. The van der Waals surface area contributed by atoms with Crippen molar-refractivity contribution in [2.75, 3.05) is 43.0 Å². The lowest BCUT2D eigenvalue weighted by Crippen LogP contribution is -2.50. The van der Waals surface area contributed by atoms with Gasteiger partial charge in [0.25, 0.3) is 5.88 Å². The number of carbonyl (C=O) groups excluding carboxylic acids is 1. The largest absolute Gasteiger partial charge is 0.475 e. The predicted molar refractivity (Wildman–Crippen MR) is 119 cm³/mol.